The molecule has 1 aliphatic rings. The Morgan fingerprint density at radius 2 is 2.09 bits per heavy atom. The number of amides is 2. The van der Waals surface area contributed by atoms with Crippen molar-refractivity contribution in [2.75, 3.05) is 26.2 Å². The Balaban J connectivity index is 1.51. The minimum atomic E-state index is -0.330. The summed E-state index contributed by atoms with van der Waals surface area (Å²) in [5.41, 5.74) is 2.28. The Bertz CT molecular complexity index is 1070. The van der Waals surface area contributed by atoms with Gasteiger partial charge in [0.05, 0.1) is 12.3 Å². The van der Waals surface area contributed by atoms with Crippen molar-refractivity contribution in [2.45, 2.75) is 19.4 Å². The molecule has 2 aromatic heterocycles. The van der Waals surface area contributed by atoms with E-state index in [-0.39, 0.29) is 36.7 Å². The van der Waals surface area contributed by atoms with E-state index in [2.05, 4.69) is 18.0 Å². The van der Waals surface area contributed by atoms with E-state index in [1.807, 2.05) is 36.1 Å². The van der Waals surface area contributed by atoms with E-state index in [4.69, 9.17) is 9.15 Å². The molecular formula is C25H26N2O4S. The van der Waals surface area contributed by atoms with E-state index in [0.717, 1.165) is 23.3 Å². The van der Waals surface area contributed by atoms with Gasteiger partial charge < -0.3 is 19.0 Å². The van der Waals surface area contributed by atoms with Crippen LogP contribution in [-0.2, 0) is 11.2 Å². The van der Waals surface area contributed by atoms with Crippen LogP contribution in [-0.4, -0.2) is 47.9 Å². The first-order valence-electron chi connectivity index (χ1n) is 10.6. The van der Waals surface area contributed by atoms with Crippen molar-refractivity contribution in [3.8, 4) is 5.75 Å². The van der Waals surface area contributed by atoms with Gasteiger partial charge in [0.2, 0.25) is 5.91 Å². The second kappa shape index (κ2) is 9.87. The standard InChI is InChI=1S/C25H26N2O4S/c1-3-12-26(25(29)22-5-4-14-30-22)16-24(28)27-13-10-23-20(11-15-32-23)21(27)17-31-19-8-6-18(2)7-9-19/h3-9,11,14-15,21H,1,10,12-13,16-17H2,2H3/t21-/m0/s1. The lowest BCUT2D eigenvalue weighted by molar-refractivity contribution is -0.135. The van der Waals surface area contributed by atoms with E-state index in [0.29, 0.717) is 13.2 Å². The van der Waals surface area contributed by atoms with Crippen molar-refractivity contribution < 1.29 is 18.7 Å². The van der Waals surface area contributed by atoms with Gasteiger partial charge in [0.25, 0.3) is 5.91 Å². The number of fused-ring (bicyclic) bond motifs is 1. The molecule has 3 aromatic rings. The number of rotatable bonds is 8. The predicted octanol–water partition coefficient (Wildman–Crippen LogP) is 4.48. The van der Waals surface area contributed by atoms with Crippen LogP contribution in [0, 0.1) is 6.92 Å². The summed E-state index contributed by atoms with van der Waals surface area (Å²) in [5, 5.41) is 2.06. The summed E-state index contributed by atoms with van der Waals surface area (Å²) in [6.45, 7) is 6.90. The Morgan fingerprint density at radius 3 is 2.81 bits per heavy atom. The normalized spacial score (nSPS) is 15.2. The van der Waals surface area contributed by atoms with Crippen LogP contribution >= 0.6 is 11.3 Å². The molecule has 0 unspecified atom stereocenters. The summed E-state index contributed by atoms with van der Waals surface area (Å²) in [6.07, 6.45) is 3.86. The zero-order valence-corrected chi connectivity index (χ0v) is 18.8. The molecule has 0 bridgehead atoms. The smallest absolute Gasteiger partial charge is 0.290 e. The summed E-state index contributed by atoms with van der Waals surface area (Å²) in [5.74, 6) is 0.523. The maximum atomic E-state index is 13.4. The van der Waals surface area contributed by atoms with Crippen LogP contribution in [0.15, 0.2) is 71.2 Å². The van der Waals surface area contributed by atoms with Crippen LogP contribution < -0.4 is 4.74 Å². The number of carbonyl (C=O) groups is 2. The Morgan fingerprint density at radius 1 is 1.28 bits per heavy atom. The minimum Gasteiger partial charge on any atom is -0.491 e. The maximum absolute atomic E-state index is 13.4. The largest absolute Gasteiger partial charge is 0.491 e. The van der Waals surface area contributed by atoms with Crippen LogP contribution in [0.5, 0.6) is 5.75 Å². The second-order valence-electron chi connectivity index (χ2n) is 7.73. The molecule has 1 aliphatic heterocycles. The highest BCUT2D eigenvalue weighted by atomic mass is 32.1. The van der Waals surface area contributed by atoms with Gasteiger partial charge >= 0.3 is 0 Å². The van der Waals surface area contributed by atoms with Crippen molar-refractivity contribution in [2.24, 2.45) is 0 Å². The van der Waals surface area contributed by atoms with E-state index >= 15 is 0 Å². The van der Waals surface area contributed by atoms with Gasteiger partial charge in [-0.15, -0.1) is 17.9 Å². The SMILES string of the molecule is C=CCN(CC(=O)N1CCc2sccc2[C@@H]1COc1ccc(C)cc1)C(=O)c1ccco1. The fraction of sp³-hybridized carbons (Fsp3) is 0.280. The molecular weight excluding hydrogens is 424 g/mol. The quantitative estimate of drug-likeness (QED) is 0.475. The summed E-state index contributed by atoms with van der Waals surface area (Å²) in [6, 6.07) is 13.0. The molecule has 6 nitrogen and oxygen atoms in total. The number of thiophene rings is 1. The van der Waals surface area contributed by atoms with Gasteiger partial charge in [-0.05, 0) is 54.6 Å². The average molecular weight is 451 g/mol. The molecule has 7 heteroatoms. The fourth-order valence-corrected chi connectivity index (χ4v) is 4.80. The molecule has 1 aromatic carbocycles. The molecule has 1 atom stereocenters. The Kier molecular flexibility index (Phi) is 6.75. The van der Waals surface area contributed by atoms with E-state index in [1.165, 1.54) is 16.0 Å². The molecule has 0 saturated carbocycles. The molecule has 166 valence electrons. The zero-order chi connectivity index (χ0) is 22.5. The summed E-state index contributed by atoms with van der Waals surface area (Å²) < 4.78 is 11.3. The summed E-state index contributed by atoms with van der Waals surface area (Å²) in [7, 11) is 0. The third-order valence-electron chi connectivity index (χ3n) is 5.54. The lowest BCUT2D eigenvalue weighted by Crippen LogP contribution is -2.47. The van der Waals surface area contributed by atoms with Crippen molar-refractivity contribution in [1.82, 2.24) is 9.80 Å². The van der Waals surface area contributed by atoms with Gasteiger partial charge in [-0.3, -0.25) is 9.59 Å². The number of benzene rings is 1. The first kappa shape index (κ1) is 21.9. The fourth-order valence-electron chi connectivity index (χ4n) is 3.87. The van der Waals surface area contributed by atoms with Gasteiger partial charge in [-0.2, -0.15) is 0 Å². The van der Waals surface area contributed by atoms with E-state index in [1.54, 1.807) is 29.5 Å². The van der Waals surface area contributed by atoms with Gasteiger partial charge in [0, 0.05) is 18.0 Å². The lowest BCUT2D eigenvalue weighted by atomic mass is 10.0. The highest BCUT2D eigenvalue weighted by molar-refractivity contribution is 7.10. The Hall–Kier alpha value is -3.32. The van der Waals surface area contributed by atoms with Crippen molar-refractivity contribution >= 4 is 23.2 Å². The number of nitrogens with zero attached hydrogens (tertiary/aromatic N) is 2. The molecule has 3 heterocycles. The van der Waals surface area contributed by atoms with Crippen molar-refractivity contribution in [3.63, 3.8) is 0 Å². The monoisotopic (exact) mass is 450 g/mol. The molecule has 4 rings (SSSR count). The first-order chi connectivity index (χ1) is 15.6. The zero-order valence-electron chi connectivity index (χ0n) is 18.0. The highest BCUT2D eigenvalue weighted by Gasteiger charge is 2.33. The number of aryl methyl sites for hydroxylation is 1. The van der Waals surface area contributed by atoms with E-state index in [9.17, 15) is 9.59 Å². The highest BCUT2D eigenvalue weighted by Crippen LogP contribution is 2.34. The molecule has 0 N–H and O–H groups in total. The topological polar surface area (TPSA) is 63.0 Å². The minimum absolute atomic E-state index is 0.0495. The van der Waals surface area contributed by atoms with Crippen LogP contribution in [0.3, 0.4) is 0 Å². The van der Waals surface area contributed by atoms with Gasteiger partial charge in [-0.25, -0.2) is 0 Å². The number of carbonyl (C=O) groups excluding carboxylic acids is 2. The van der Waals surface area contributed by atoms with Crippen LogP contribution in [0.25, 0.3) is 0 Å². The summed E-state index contributed by atoms with van der Waals surface area (Å²) in [4.78, 5) is 30.7. The van der Waals surface area contributed by atoms with Crippen molar-refractivity contribution in [3.05, 3.63) is 88.5 Å². The number of hydrogen-bond acceptors (Lipinski definition) is 5. The lowest BCUT2D eigenvalue weighted by Gasteiger charge is -2.37. The van der Waals surface area contributed by atoms with Crippen LogP contribution in [0.4, 0.5) is 0 Å². The first-order valence-corrected chi connectivity index (χ1v) is 11.4. The van der Waals surface area contributed by atoms with Gasteiger partial charge in [-0.1, -0.05) is 23.8 Å². The molecule has 2 amide bonds. The maximum Gasteiger partial charge on any atom is 0.290 e. The second-order valence-corrected chi connectivity index (χ2v) is 8.73. The molecule has 0 spiro atoms. The third kappa shape index (κ3) is 4.78. The third-order valence-corrected chi connectivity index (χ3v) is 6.54. The molecule has 0 fully saturated rings. The number of ether oxygens (including phenoxy) is 1. The van der Waals surface area contributed by atoms with Crippen LogP contribution in [0.2, 0.25) is 0 Å². The number of hydrogen-bond donors (Lipinski definition) is 0. The Labute approximate surface area is 191 Å². The molecule has 0 radical (unpaired) electrons. The van der Waals surface area contributed by atoms with Crippen LogP contribution in [0.1, 0.15) is 32.6 Å². The molecule has 0 aliphatic carbocycles. The van der Waals surface area contributed by atoms with Gasteiger partial charge in [0.1, 0.15) is 18.9 Å². The predicted molar refractivity (Wildman–Crippen MR) is 124 cm³/mol. The molecule has 0 saturated heterocycles. The van der Waals surface area contributed by atoms with Crippen molar-refractivity contribution in [1.29, 1.82) is 0 Å². The number of furan rings is 1. The van der Waals surface area contributed by atoms with E-state index < -0.39 is 0 Å². The molecule has 32 heavy (non-hydrogen) atoms. The average Bonchev–Trinajstić information content (AvgIpc) is 3.50. The van der Waals surface area contributed by atoms with Gasteiger partial charge in [0.15, 0.2) is 5.76 Å². The summed E-state index contributed by atoms with van der Waals surface area (Å²) >= 11 is 1.71.